The second-order valence-corrected chi connectivity index (χ2v) is 6.13. The minimum absolute atomic E-state index is 0.907. The third-order valence-corrected chi connectivity index (χ3v) is 4.96. The first-order valence-electron chi connectivity index (χ1n) is 7.09. The van der Waals surface area contributed by atoms with Crippen molar-refractivity contribution in [1.82, 2.24) is 15.3 Å². The quantitative estimate of drug-likeness (QED) is 0.748. The van der Waals surface area contributed by atoms with Gasteiger partial charge in [0.25, 0.3) is 0 Å². The highest BCUT2D eigenvalue weighted by molar-refractivity contribution is 7.18. The Balaban J connectivity index is 1.92. The van der Waals surface area contributed by atoms with Crippen LogP contribution in [-0.2, 0) is 6.54 Å². The summed E-state index contributed by atoms with van der Waals surface area (Å²) in [6, 6.07) is 8.54. The fourth-order valence-corrected chi connectivity index (χ4v) is 3.83. The van der Waals surface area contributed by atoms with E-state index in [1.807, 2.05) is 0 Å². The molecule has 0 saturated carbocycles. The fourth-order valence-electron chi connectivity index (χ4n) is 2.83. The Labute approximate surface area is 127 Å². The van der Waals surface area contributed by atoms with Crippen molar-refractivity contribution in [1.29, 1.82) is 0 Å². The lowest BCUT2D eigenvalue weighted by Crippen LogP contribution is -2.25. The van der Waals surface area contributed by atoms with Gasteiger partial charge < -0.3 is 10.2 Å². The summed E-state index contributed by atoms with van der Waals surface area (Å²) in [4.78, 5) is 11.3. The fraction of sp³-hybridized carbons (Fsp3) is 0.250. The van der Waals surface area contributed by atoms with Gasteiger partial charge in [-0.05, 0) is 29.5 Å². The summed E-state index contributed by atoms with van der Waals surface area (Å²) in [7, 11) is 0. The Bertz CT molecular complexity index is 796. The maximum Gasteiger partial charge on any atom is 0.154 e. The van der Waals surface area contributed by atoms with Crippen LogP contribution in [0.2, 0.25) is 0 Å². The predicted molar refractivity (Wildman–Crippen MR) is 87.3 cm³/mol. The number of nitrogens with zero attached hydrogens (tertiary/aromatic N) is 3. The van der Waals surface area contributed by atoms with Gasteiger partial charge in [0.05, 0.1) is 10.2 Å². The van der Waals surface area contributed by atoms with Gasteiger partial charge in [0, 0.05) is 25.3 Å². The van der Waals surface area contributed by atoms with Gasteiger partial charge in [-0.3, -0.25) is 0 Å². The highest BCUT2D eigenvalue weighted by atomic mass is 32.1. The SMILES string of the molecule is Cc1csc2c(N3CCNCc4ccccc43)ncnc12. The van der Waals surface area contributed by atoms with Crippen molar-refractivity contribution < 1.29 is 0 Å². The number of anilines is 2. The molecule has 1 aliphatic rings. The minimum atomic E-state index is 0.907. The minimum Gasteiger partial charge on any atom is -0.324 e. The van der Waals surface area contributed by atoms with E-state index in [0.717, 1.165) is 31.0 Å². The Morgan fingerprint density at radius 1 is 1.24 bits per heavy atom. The predicted octanol–water partition coefficient (Wildman–Crippen LogP) is 3.24. The van der Waals surface area contributed by atoms with Gasteiger partial charge >= 0.3 is 0 Å². The van der Waals surface area contributed by atoms with Crippen molar-refractivity contribution in [3.8, 4) is 0 Å². The lowest BCUT2D eigenvalue weighted by atomic mass is 10.1. The molecule has 1 N–H and O–H groups in total. The molecule has 5 heteroatoms. The summed E-state index contributed by atoms with van der Waals surface area (Å²) in [5.74, 6) is 1.02. The van der Waals surface area contributed by atoms with E-state index in [-0.39, 0.29) is 0 Å². The maximum atomic E-state index is 4.58. The molecule has 1 aliphatic heterocycles. The van der Waals surface area contributed by atoms with Crippen LogP contribution in [0.3, 0.4) is 0 Å². The van der Waals surface area contributed by atoms with Crippen LogP contribution in [0.15, 0.2) is 36.0 Å². The van der Waals surface area contributed by atoms with Gasteiger partial charge in [-0.25, -0.2) is 9.97 Å². The zero-order valence-corrected chi connectivity index (χ0v) is 12.7. The highest BCUT2D eigenvalue weighted by Gasteiger charge is 2.20. The molecule has 0 unspecified atom stereocenters. The first-order valence-corrected chi connectivity index (χ1v) is 7.97. The first kappa shape index (κ1) is 12.7. The van der Waals surface area contributed by atoms with Crippen molar-refractivity contribution in [2.75, 3.05) is 18.0 Å². The molecule has 4 nitrogen and oxygen atoms in total. The molecule has 0 amide bonds. The summed E-state index contributed by atoms with van der Waals surface area (Å²) < 4.78 is 1.17. The zero-order valence-electron chi connectivity index (χ0n) is 11.8. The topological polar surface area (TPSA) is 41.0 Å². The Kier molecular flexibility index (Phi) is 3.09. The molecule has 106 valence electrons. The molecule has 3 heterocycles. The smallest absolute Gasteiger partial charge is 0.154 e. The second-order valence-electron chi connectivity index (χ2n) is 5.25. The third kappa shape index (κ3) is 2.09. The summed E-state index contributed by atoms with van der Waals surface area (Å²) in [5, 5.41) is 5.63. The summed E-state index contributed by atoms with van der Waals surface area (Å²) >= 11 is 1.73. The summed E-state index contributed by atoms with van der Waals surface area (Å²) in [6.07, 6.45) is 1.68. The van der Waals surface area contributed by atoms with Crippen LogP contribution in [0.1, 0.15) is 11.1 Å². The van der Waals surface area contributed by atoms with Crippen LogP contribution in [0, 0.1) is 6.92 Å². The molecule has 0 radical (unpaired) electrons. The van der Waals surface area contributed by atoms with Crippen molar-refractivity contribution in [2.45, 2.75) is 13.5 Å². The number of benzene rings is 1. The van der Waals surface area contributed by atoms with E-state index in [1.165, 1.54) is 21.5 Å². The molecular weight excluding hydrogens is 280 g/mol. The van der Waals surface area contributed by atoms with E-state index >= 15 is 0 Å². The number of aromatic nitrogens is 2. The molecule has 0 bridgehead atoms. The van der Waals surface area contributed by atoms with Crippen molar-refractivity contribution >= 4 is 33.1 Å². The molecule has 0 spiro atoms. The second kappa shape index (κ2) is 5.09. The molecule has 4 rings (SSSR count). The van der Waals surface area contributed by atoms with E-state index < -0.39 is 0 Å². The molecule has 0 saturated heterocycles. The monoisotopic (exact) mass is 296 g/mol. The summed E-state index contributed by atoms with van der Waals surface area (Å²) in [5.41, 5.74) is 4.85. The average Bonchev–Trinajstić information content (AvgIpc) is 2.78. The molecule has 3 aromatic rings. The number of hydrogen-bond acceptors (Lipinski definition) is 5. The van der Waals surface area contributed by atoms with Gasteiger partial charge in [0.15, 0.2) is 5.82 Å². The summed E-state index contributed by atoms with van der Waals surface area (Å²) in [6.45, 7) is 4.88. The van der Waals surface area contributed by atoms with E-state index in [1.54, 1.807) is 17.7 Å². The first-order chi connectivity index (χ1) is 10.3. The molecule has 21 heavy (non-hydrogen) atoms. The third-order valence-electron chi connectivity index (χ3n) is 3.88. The van der Waals surface area contributed by atoms with Crippen molar-refractivity contribution in [2.24, 2.45) is 0 Å². The largest absolute Gasteiger partial charge is 0.324 e. The van der Waals surface area contributed by atoms with E-state index in [4.69, 9.17) is 0 Å². The van der Waals surface area contributed by atoms with Crippen molar-refractivity contribution in [3.05, 3.63) is 47.1 Å². The van der Waals surface area contributed by atoms with E-state index in [2.05, 4.69) is 56.8 Å². The molecular formula is C16H16N4S. The zero-order chi connectivity index (χ0) is 14.2. The van der Waals surface area contributed by atoms with Gasteiger partial charge in [-0.1, -0.05) is 18.2 Å². The highest BCUT2D eigenvalue weighted by Crippen LogP contribution is 2.36. The van der Waals surface area contributed by atoms with Crippen LogP contribution in [0.25, 0.3) is 10.2 Å². The average molecular weight is 296 g/mol. The van der Waals surface area contributed by atoms with Gasteiger partial charge in [-0.15, -0.1) is 11.3 Å². The van der Waals surface area contributed by atoms with Gasteiger partial charge in [-0.2, -0.15) is 0 Å². The standard InChI is InChI=1S/C16H16N4S/c1-11-9-21-15-14(11)18-10-19-16(15)20-7-6-17-8-12-4-2-3-5-13(12)20/h2-5,9-10,17H,6-8H2,1H3. The number of nitrogens with one attached hydrogen (secondary N) is 1. The Morgan fingerprint density at radius 3 is 3.10 bits per heavy atom. The molecule has 1 aromatic carbocycles. The van der Waals surface area contributed by atoms with Crippen LogP contribution < -0.4 is 10.2 Å². The van der Waals surface area contributed by atoms with Crippen LogP contribution in [-0.4, -0.2) is 23.1 Å². The number of aryl methyl sites for hydroxylation is 1. The Morgan fingerprint density at radius 2 is 2.14 bits per heavy atom. The van der Waals surface area contributed by atoms with Crippen molar-refractivity contribution in [3.63, 3.8) is 0 Å². The number of fused-ring (bicyclic) bond motifs is 2. The van der Waals surface area contributed by atoms with Crippen LogP contribution >= 0.6 is 11.3 Å². The Hall–Kier alpha value is -1.98. The van der Waals surface area contributed by atoms with Gasteiger partial charge in [0.1, 0.15) is 6.33 Å². The number of para-hydroxylation sites is 1. The molecule has 2 aromatic heterocycles. The van der Waals surface area contributed by atoms with Gasteiger partial charge in [0.2, 0.25) is 0 Å². The van der Waals surface area contributed by atoms with E-state index in [0.29, 0.717) is 0 Å². The normalized spacial score (nSPS) is 15.0. The molecule has 0 atom stereocenters. The molecule has 0 aliphatic carbocycles. The lowest BCUT2D eigenvalue weighted by Gasteiger charge is -2.23. The maximum absolute atomic E-state index is 4.58. The van der Waals surface area contributed by atoms with Crippen LogP contribution in [0.4, 0.5) is 11.5 Å². The number of thiophene rings is 1. The van der Waals surface area contributed by atoms with E-state index in [9.17, 15) is 0 Å². The number of hydrogen-bond donors (Lipinski definition) is 1. The molecule has 0 fully saturated rings. The lowest BCUT2D eigenvalue weighted by molar-refractivity contribution is 0.711. The van der Waals surface area contributed by atoms with Crippen LogP contribution in [0.5, 0.6) is 0 Å². The number of rotatable bonds is 1.